The van der Waals surface area contributed by atoms with E-state index in [2.05, 4.69) is 49.2 Å². The smallest absolute Gasteiger partial charge is 1.00 e. The first-order valence-corrected chi connectivity index (χ1v) is 31.2. The predicted octanol–water partition coefficient (Wildman–Crippen LogP) is 0.908. The summed E-state index contributed by atoms with van der Waals surface area (Å²) >= 11 is 37.3. The second-order valence-electron chi connectivity index (χ2n) is 22.3. The van der Waals surface area contributed by atoms with Crippen molar-refractivity contribution in [1.82, 2.24) is 20.0 Å². The van der Waals surface area contributed by atoms with E-state index in [9.17, 15) is 18.0 Å². The van der Waals surface area contributed by atoms with Crippen molar-refractivity contribution >= 4 is 110 Å². The first kappa shape index (κ1) is 84.0. The summed E-state index contributed by atoms with van der Waals surface area (Å²) < 4.78 is 37.3. The van der Waals surface area contributed by atoms with Crippen LogP contribution in [0.4, 0.5) is 21.0 Å². The molecule has 4 aliphatic heterocycles. The van der Waals surface area contributed by atoms with E-state index in [4.69, 9.17) is 93.3 Å². The zero-order chi connectivity index (χ0) is 59.5. The number of piperazine rings is 2. The number of halogens is 7. The van der Waals surface area contributed by atoms with E-state index in [0.717, 1.165) is 119 Å². The summed E-state index contributed by atoms with van der Waals surface area (Å²) in [6.07, 6.45) is 6.19. The summed E-state index contributed by atoms with van der Waals surface area (Å²) in [5.41, 5.74) is 3.54. The fourth-order valence-corrected chi connectivity index (χ4v) is 11.6. The molecule has 0 radical (unpaired) electrons. The molecule has 8 rings (SSSR count). The van der Waals surface area contributed by atoms with Gasteiger partial charge in [0.05, 0.1) is 46.4 Å². The van der Waals surface area contributed by atoms with Gasteiger partial charge in [-0.3, -0.25) is 13.9 Å². The zero-order valence-corrected chi connectivity index (χ0v) is 66.3. The van der Waals surface area contributed by atoms with Crippen LogP contribution in [0.25, 0.3) is 0 Å². The van der Waals surface area contributed by atoms with Crippen LogP contribution in [-0.2, 0) is 33.5 Å². The Morgan fingerprint density at radius 1 is 0.635 bits per heavy atom. The maximum absolute atomic E-state index is 12.4. The van der Waals surface area contributed by atoms with Gasteiger partial charge in [-0.2, -0.15) is 8.42 Å². The number of amides is 2. The van der Waals surface area contributed by atoms with Crippen molar-refractivity contribution in [2.24, 2.45) is 11.8 Å². The van der Waals surface area contributed by atoms with E-state index in [1.807, 2.05) is 101 Å². The first-order chi connectivity index (χ1) is 38.2. The molecule has 85 heavy (non-hydrogen) atoms. The van der Waals surface area contributed by atoms with Gasteiger partial charge in [0.25, 0.3) is 16.6 Å². The van der Waals surface area contributed by atoms with Gasteiger partial charge in [0.15, 0.2) is 0 Å². The minimum Gasteiger partial charge on any atom is -1.00 e. The molecular formula is C58H78Cl6IK2N6NaO10S. The van der Waals surface area contributed by atoms with Crippen molar-refractivity contribution in [1.29, 1.82) is 0 Å². The molecule has 0 aromatic heterocycles. The number of nitrogens with one attached hydrogen (secondary N) is 1. The number of nitrogens with zero attached hydrogens (tertiary/aromatic N) is 5. The van der Waals surface area contributed by atoms with Gasteiger partial charge < -0.3 is 69.9 Å². The van der Waals surface area contributed by atoms with Gasteiger partial charge >= 0.3 is 145 Å². The molecule has 4 aromatic rings. The average molecular weight is 1490 g/mol. The van der Waals surface area contributed by atoms with Crippen molar-refractivity contribution in [2.75, 3.05) is 94.7 Å². The van der Waals surface area contributed by atoms with Crippen LogP contribution in [0.15, 0.2) is 84.9 Å². The van der Waals surface area contributed by atoms with Crippen LogP contribution in [0.3, 0.4) is 0 Å². The number of hydrogen-bond acceptors (Lipinski definition) is 14. The van der Waals surface area contributed by atoms with E-state index in [-0.39, 0.29) is 195 Å². The van der Waals surface area contributed by atoms with Gasteiger partial charge in [0.2, 0.25) is 0 Å². The minimum absolute atomic E-state index is 0. The second kappa shape index (κ2) is 41.7. The summed E-state index contributed by atoms with van der Waals surface area (Å²) in [6, 6.07) is 27.9. The minimum atomic E-state index is -3.35. The Labute approximate surface area is 660 Å². The van der Waals surface area contributed by atoms with Crippen molar-refractivity contribution in [3.05, 3.63) is 126 Å². The molecule has 4 heterocycles. The Morgan fingerprint density at radius 2 is 1.04 bits per heavy atom. The number of anilines is 2. The van der Waals surface area contributed by atoms with Crippen LogP contribution in [0.1, 0.15) is 105 Å². The van der Waals surface area contributed by atoms with Crippen LogP contribution in [-0.4, -0.2) is 138 Å². The van der Waals surface area contributed by atoms with Crippen molar-refractivity contribution in [3.8, 4) is 0 Å². The molecule has 2 amide bonds. The van der Waals surface area contributed by atoms with Crippen molar-refractivity contribution in [2.45, 2.75) is 103 Å². The summed E-state index contributed by atoms with van der Waals surface area (Å²) in [7, 11) is -3.35. The molecule has 0 unspecified atom stereocenters. The van der Waals surface area contributed by atoms with Gasteiger partial charge in [-0.15, -0.1) is 0 Å². The normalized spacial score (nSPS) is 17.6. The summed E-state index contributed by atoms with van der Waals surface area (Å²) in [6.45, 7) is 20.7. The fourth-order valence-electron chi connectivity index (χ4n) is 9.90. The molecule has 4 saturated heterocycles. The molecule has 0 bridgehead atoms. The molecule has 16 nitrogen and oxygen atoms in total. The Balaban J connectivity index is 0.00000125. The number of ether oxygens (including phenoxy) is 2. The molecular weight excluding hydrogens is 1410 g/mol. The van der Waals surface area contributed by atoms with Gasteiger partial charge in [0, 0.05) is 85.5 Å². The van der Waals surface area contributed by atoms with E-state index < -0.39 is 21.3 Å². The number of likely N-dealkylation sites (tertiary alicyclic amines) is 2. The second-order valence-corrected chi connectivity index (χ2v) is 26.5. The number of piperidine rings is 2. The van der Waals surface area contributed by atoms with Crippen LogP contribution in [0.5, 0.6) is 0 Å². The van der Waals surface area contributed by atoms with Gasteiger partial charge in [-0.1, -0.05) is 93.9 Å². The topological polar surface area (TPSA) is 174 Å². The molecule has 1 N–H and O–H groups in total. The number of rotatable bonds is 12. The largest absolute Gasteiger partial charge is 1.00 e. The van der Waals surface area contributed by atoms with E-state index in [1.54, 1.807) is 11.0 Å². The summed E-state index contributed by atoms with van der Waals surface area (Å²) in [4.78, 5) is 46.3. The molecule has 0 saturated carbocycles. The molecule has 458 valence electrons. The maximum Gasteiger partial charge on any atom is 1.00 e. The Bertz CT molecular complexity index is 2760. The van der Waals surface area contributed by atoms with Gasteiger partial charge in [-0.25, -0.2) is 9.59 Å². The van der Waals surface area contributed by atoms with Crippen molar-refractivity contribution < 1.29 is 204 Å². The fraction of sp³-hybridized carbons (Fsp3) is 0.534. The van der Waals surface area contributed by atoms with E-state index in [1.165, 1.54) is 11.1 Å². The monoisotopic (exact) mass is 1490 g/mol. The third-order valence-electron chi connectivity index (χ3n) is 13.9. The molecule has 0 spiro atoms. The number of carbonyl (C=O) groups excluding carboxylic acids is 3. The van der Waals surface area contributed by atoms with E-state index in [0.29, 0.717) is 51.4 Å². The quantitative estimate of drug-likeness (QED) is 0.0530. The summed E-state index contributed by atoms with van der Waals surface area (Å²) in [5.74, 6) is 1.02. The number of hydrogen-bond donors (Lipinski definition) is 1. The molecule has 4 aliphatic rings. The number of carbonyl (C=O) groups is 3. The third-order valence-corrected chi connectivity index (χ3v) is 16.1. The first-order valence-electron chi connectivity index (χ1n) is 27.1. The predicted molar refractivity (Wildman–Crippen MR) is 325 cm³/mol. The third kappa shape index (κ3) is 30.8. The van der Waals surface area contributed by atoms with Crippen LogP contribution in [0, 0.1) is 11.8 Å². The SMILES string of the molecule is CC(C)(C)OC(=O)N1CCC(CCN2CCN(c3ccc(Cl)cc3Cl)[C@H](c3ccc(Cl)cc3)C2)CC1.CC(C)(C)OC(=O)N1CCC(CCOS(C)(=O)=O)CC1.Clc1ccc([C@@H]2CNCCN2c2ccc(Cl)cc2Cl)cc1.O=CO[O-].[H-].[I-].[K+].[K+].[Na+]. The van der Waals surface area contributed by atoms with Crippen LogP contribution >= 0.6 is 69.6 Å². The molecule has 0 aliphatic carbocycles. The average Bonchev–Trinajstić information content (AvgIpc) is 2.19. The molecule has 27 heteroatoms. The maximum atomic E-state index is 12.4. The molecule has 4 aromatic carbocycles. The van der Waals surface area contributed by atoms with Crippen molar-refractivity contribution in [3.63, 3.8) is 0 Å². The molecule has 4 fully saturated rings. The summed E-state index contributed by atoms with van der Waals surface area (Å²) in [5, 5.41) is 16.0. The Kier molecular flexibility index (Phi) is 41.2. The zero-order valence-electron chi connectivity index (χ0n) is 51.6. The Morgan fingerprint density at radius 3 is 1.44 bits per heavy atom. The Hall–Kier alpha value is 1.02. The standard InChI is InChI=1S/C28H36Cl3N3O2.C16H15Cl3N2.C13H25NO5S.CH2O3.HI.2K.Na.H/c1-28(2,3)36-27(35)33-14-11-20(12-15-33)10-13-32-16-17-34(25-9-8-23(30)18-24(25)31)26(19-32)21-4-6-22(29)7-5-21;17-12-3-1-11(2-4-12)16-10-20-7-8-21(16)15-6-5-13(18)9-14(15)19;1-13(2,3)19-12(15)14-8-5-11(6-9-14)7-10-18-20(4,16)17;2-1-4-3;;;;;/h4-9,18,20,26H,10-17,19H2,1-3H3;1-6,9,16,20H,7-8,10H2;11H,5-10H2,1-4H3;1,3H;1H;;;;/q;;;;;3*+1;-1/p-2/t26-;16-;;;;;;;/m00......./s1. The van der Waals surface area contributed by atoms with Gasteiger partial charge in [0.1, 0.15) is 11.2 Å². The molecule has 2 atom stereocenters. The number of benzene rings is 4. The van der Waals surface area contributed by atoms with Crippen LogP contribution < -0.4 is 177 Å². The van der Waals surface area contributed by atoms with Gasteiger partial charge in [-0.05, 0) is 170 Å². The van der Waals surface area contributed by atoms with Crippen LogP contribution in [0.2, 0.25) is 30.1 Å². The van der Waals surface area contributed by atoms with E-state index >= 15 is 0 Å².